The van der Waals surface area contributed by atoms with Gasteiger partial charge in [0.1, 0.15) is 0 Å². The molecule has 0 aliphatic carbocycles. The van der Waals surface area contributed by atoms with Crippen LogP contribution in [0.2, 0.25) is 0 Å². The van der Waals surface area contributed by atoms with Crippen LogP contribution in [0.15, 0.2) is 12.7 Å². The summed E-state index contributed by atoms with van der Waals surface area (Å²) in [4.78, 5) is 0. The lowest BCUT2D eigenvalue weighted by Crippen LogP contribution is -2.39. The molecule has 0 spiro atoms. The first-order valence-electron chi connectivity index (χ1n) is 6.02. The van der Waals surface area contributed by atoms with Gasteiger partial charge in [0.15, 0.2) is 0 Å². The average Bonchev–Trinajstić information content (AvgIpc) is 2.18. The van der Waals surface area contributed by atoms with Gasteiger partial charge in [-0.15, -0.1) is 6.58 Å². The van der Waals surface area contributed by atoms with Crippen LogP contribution >= 0.6 is 0 Å². The lowest BCUT2D eigenvalue weighted by molar-refractivity contribution is 0.0412. The molecule has 0 rings (SSSR count). The molecule has 0 aromatic carbocycles. The number of methoxy groups -OCH3 is 1. The zero-order chi connectivity index (χ0) is 11.7. The van der Waals surface area contributed by atoms with Gasteiger partial charge in [-0.1, -0.05) is 32.8 Å². The number of allylic oxidation sites excluding steroid dienone is 1. The number of hydrogen-bond acceptors (Lipinski definition) is 2. The van der Waals surface area contributed by atoms with Crippen molar-refractivity contribution in [3.05, 3.63) is 12.7 Å². The van der Waals surface area contributed by atoms with Crippen LogP contribution in [0.4, 0.5) is 0 Å². The van der Waals surface area contributed by atoms with Crippen LogP contribution in [0.5, 0.6) is 0 Å². The Kier molecular flexibility index (Phi) is 8.73. The van der Waals surface area contributed by atoms with Crippen molar-refractivity contribution in [2.45, 2.75) is 58.1 Å². The monoisotopic (exact) mass is 213 g/mol. The van der Waals surface area contributed by atoms with Crippen molar-refractivity contribution >= 4 is 0 Å². The average molecular weight is 213 g/mol. The van der Waals surface area contributed by atoms with E-state index in [-0.39, 0.29) is 12.1 Å². The Balaban J connectivity index is 3.61. The van der Waals surface area contributed by atoms with Crippen molar-refractivity contribution in [3.63, 3.8) is 0 Å². The predicted molar refractivity (Wildman–Crippen MR) is 66.9 cm³/mol. The van der Waals surface area contributed by atoms with Crippen molar-refractivity contribution in [2.75, 3.05) is 7.11 Å². The Bertz CT molecular complexity index is 157. The quantitative estimate of drug-likeness (QED) is 0.472. The molecule has 0 aliphatic heterocycles. The molecule has 90 valence electrons. The lowest BCUT2D eigenvalue weighted by atomic mass is 9.95. The molecule has 2 heteroatoms. The number of rotatable bonds is 9. The van der Waals surface area contributed by atoms with Crippen LogP contribution < -0.4 is 5.73 Å². The molecule has 2 N–H and O–H groups in total. The molecule has 2 unspecified atom stereocenters. The van der Waals surface area contributed by atoms with Crippen molar-refractivity contribution in [1.82, 2.24) is 0 Å². The van der Waals surface area contributed by atoms with Gasteiger partial charge in [0, 0.05) is 13.2 Å². The first-order chi connectivity index (χ1) is 7.13. The van der Waals surface area contributed by atoms with E-state index >= 15 is 0 Å². The molecule has 0 aliphatic rings. The second kappa shape index (κ2) is 8.93. The summed E-state index contributed by atoms with van der Waals surface area (Å²) < 4.78 is 5.41. The van der Waals surface area contributed by atoms with E-state index in [0.717, 1.165) is 12.8 Å². The Labute approximate surface area is 94.9 Å². The van der Waals surface area contributed by atoms with Crippen LogP contribution in [0, 0.1) is 5.92 Å². The maximum absolute atomic E-state index is 6.10. The van der Waals surface area contributed by atoms with Crippen LogP contribution in [-0.4, -0.2) is 19.3 Å². The van der Waals surface area contributed by atoms with Crippen molar-refractivity contribution in [3.8, 4) is 0 Å². The molecule has 0 aromatic rings. The molecule has 0 bridgehead atoms. The third-order valence-electron chi connectivity index (χ3n) is 2.80. The summed E-state index contributed by atoms with van der Waals surface area (Å²) in [7, 11) is 1.75. The minimum atomic E-state index is 0.179. The zero-order valence-electron chi connectivity index (χ0n) is 10.5. The highest BCUT2D eigenvalue weighted by atomic mass is 16.5. The minimum absolute atomic E-state index is 0.179. The number of hydrogen-bond donors (Lipinski definition) is 1. The molecular weight excluding hydrogens is 186 g/mol. The predicted octanol–water partition coefficient (Wildman–Crippen LogP) is 3.12. The fourth-order valence-corrected chi connectivity index (χ4v) is 1.95. The van der Waals surface area contributed by atoms with Gasteiger partial charge in [-0.25, -0.2) is 0 Å². The van der Waals surface area contributed by atoms with Crippen molar-refractivity contribution < 1.29 is 4.74 Å². The highest BCUT2D eigenvalue weighted by Gasteiger charge is 2.19. The largest absolute Gasteiger partial charge is 0.380 e. The Morgan fingerprint density at radius 1 is 1.27 bits per heavy atom. The van der Waals surface area contributed by atoms with Crippen LogP contribution in [0.25, 0.3) is 0 Å². The number of unbranched alkanes of at least 4 members (excludes halogenated alkanes) is 3. The summed E-state index contributed by atoms with van der Waals surface area (Å²) in [5.74, 6) is 0.498. The summed E-state index contributed by atoms with van der Waals surface area (Å²) in [5.41, 5.74) is 6.10. The molecule has 0 heterocycles. The SMILES string of the molecule is C=CCCCCCC(N)C(OC)C(C)C. The van der Waals surface area contributed by atoms with Gasteiger partial charge in [-0.05, 0) is 25.2 Å². The zero-order valence-corrected chi connectivity index (χ0v) is 10.5. The number of ether oxygens (including phenoxy) is 1. The second-order valence-corrected chi connectivity index (χ2v) is 4.53. The molecule has 2 nitrogen and oxygen atoms in total. The third kappa shape index (κ3) is 6.69. The molecule has 0 fully saturated rings. The summed E-state index contributed by atoms with van der Waals surface area (Å²) in [5, 5.41) is 0. The van der Waals surface area contributed by atoms with Crippen molar-refractivity contribution in [2.24, 2.45) is 11.7 Å². The van der Waals surface area contributed by atoms with Gasteiger partial charge in [0.05, 0.1) is 6.10 Å². The van der Waals surface area contributed by atoms with E-state index in [0.29, 0.717) is 5.92 Å². The highest BCUT2D eigenvalue weighted by Crippen LogP contribution is 2.14. The molecule has 15 heavy (non-hydrogen) atoms. The summed E-state index contributed by atoms with van der Waals surface area (Å²) in [6, 6.07) is 0.179. The van der Waals surface area contributed by atoms with Gasteiger partial charge in [0.25, 0.3) is 0 Å². The molecular formula is C13H27NO. The van der Waals surface area contributed by atoms with E-state index in [2.05, 4.69) is 20.4 Å². The normalized spacial score (nSPS) is 15.3. The van der Waals surface area contributed by atoms with Gasteiger partial charge >= 0.3 is 0 Å². The Morgan fingerprint density at radius 3 is 2.40 bits per heavy atom. The smallest absolute Gasteiger partial charge is 0.0744 e. The molecule has 2 atom stereocenters. The molecule has 0 radical (unpaired) electrons. The third-order valence-corrected chi connectivity index (χ3v) is 2.80. The molecule has 0 amide bonds. The summed E-state index contributed by atoms with van der Waals surface area (Å²) in [6.07, 6.45) is 8.03. The van der Waals surface area contributed by atoms with Crippen LogP contribution in [0.3, 0.4) is 0 Å². The first kappa shape index (κ1) is 14.7. The van der Waals surface area contributed by atoms with E-state index < -0.39 is 0 Å². The van der Waals surface area contributed by atoms with E-state index in [1.165, 1.54) is 19.3 Å². The van der Waals surface area contributed by atoms with Crippen LogP contribution in [0.1, 0.15) is 46.0 Å². The maximum Gasteiger partial charge on any atom is 0.0744 e. The Morgan fingerprint density at radius 2 is 1.93 bits per heavy atom. The van der Waals surface area contributed by atoms with Gasteiger partial charge in [0.2, 0.25) is 0 Å². The van der Waals surface area contributed by atoms with Gasteiger partial charge in [-0.2, -0.15) is 0 Å². The first-order valence-corrected chi connectivity index (χ1v) is 6.02. The molecule has 0 saturated carbocycles. The maximum atomic E-state index is 6.10. The second-order valence-electron chi connectivity index (χ2n) is 4.53. The summed E-state index contributed by atoms with van der Waals surface area (Å²) in [6.45, 7) is 8.03. The fraction of sp³-hybridized carbons (Fsp3) is 0.846. The van der Waals surface area contributed by atoms with E-state index in [1.54, 1.807) is 7.11 Å². The van der Waals surface area contributed by atoms with E-state index in [4.69, 9.17) is 10.5 Å². The van der Waals surface area contributed by atoms with Crippen LogP contribution in [-0.2, 0) is 4.74 Å². The van der Waals surface area contributed by atoms with E-state index in [1.807, 2.05) is 6.08 Å². The molecule has 0 aromatic heterocycles. The van der Waals surface area contributed by atoms with E-state index in [9.17, 15) is 0 Å². The highest BCUT2D eigenvalue weighted by molar-refractivity contribution is 4.76. The van der Waals surface area contributed by atoms with Gasteiger partial charge < -0.3 is 10.5 Å². The van der Waals surface area contributed by atoms with Gasteiger partial charge in [-0.3, -0.25) is 0 Å². The number of nitrogens with two attached hydrogens (primary N) is 1. The topological polar surface area (TPSA) is 35.2 Å². The fourth-order valence-electron chi connectivity index (χ4n) is 1.95. The standard InChI is InChI=1S/C13H27NO/c1-5-6-7-8-9-10-12(14)13(15-4)11(2)3/h5,11-13H,1,6-10,14H2,2-4H3. The summed E-state index contributed by atoms with van der Waals surface area (Å²) >= 11 is 0. The van der Waals surface area contributed by atoms with Crippen molar-refractivity contribution in [1.29, 1.82) is 0 Å². The lowest BCUT2D eigenvalue weighted by Gasteiger charge is -2.25. The molecule has 0 saturated heterocycles. The Hall–Kier alpha value is -0.340. The minimum Gasteiger partial charge on any atom is -0.380 e.